The van der Waals surface area contributed by atoms with Crippen molar-refractivity contribution in [1.29, 1.82) is 0 Å². The van der Waals surface area contributed by atoms with Crippen LogP contribution in [0.4, 0.5) is 0 Å². The molecule has 2 N–H and O–H groups in total. The standard InChI is InChI=1S/C21H27N5S2/c1-4-5-8-17-15(3)24-25-19(17)18-13-28-21(23-18)20-22-10-14(2)26(20)11-16-7-6-9-27-12-16/h4-5,8,10,13,16,19,24-25H,1,6-7,9,11-12H2,2-3H3/b8-5-. The third-order valence-electron chi connectivity index (χ3n) is 5.32. The topological polar surface area (TPSA) is 54.8 Å². The van der Waals surface area contributed by atoms with Crippen LogP contribution in [0.25, 0.3) is 10.8 Å². The molecule has 0 radical (unpaired) electrons. The maximum absolute atomic E-state index is 4.96. The molecule has 2 aliphatic heterocycles. The van der Waals surface area contributed by atoms with E-state index in [0.29, 0.717) is 0 Å². The van der Waals surface area contributed by atoms with E-state index in [1.54, 1.807) is 17.4 Å². The zero-order valence-electron chi connectivity index (χ0n) is 16.4. The second-order valence-corrected chi connectivity index (χ2v) is 9.38. The number of imidazole rings is 1. The van der Waals surface area contributed by atoms with Crippen LogP contribution in [0, 0.1) is 12.8 Å². The van der Waals surface area contributed by atoms with Crippen LogP contribution in [0.1, 0.15) is 37.2 Å². The number of nitrogens with zero attached hydrogens (tertiary/aromatic N) is 3. The molecule has 2 aromatic heterocycles. The van der Waals surface area contributed by atoms with Crippen molar-refractivity contribution in [2.45, 2.75) is 39.3 Å². The van der Waals surface area contributed by atoms with E-state index < -0.39 is 0 Å². The minimum absolute atomic E-state index is 0.0421. The van der Waals surface area contributed by atoms with Crippen molar-refractivity contribution in [3.8, 4) is 10.8 Å². The number of aryl methyl sites for hydroxylation is 1. The third kappa shape index (κ3) is 3.97. The second-order valence-electron chi connectivity index (χ2n) is 7.37. The number of nitrogens with one attached hydrogen (secondary N) is 2. The third-order valence-corrected chi connectivity index (χ3v) is 7.46. The van der Waals surface area contributed by atoms with Crippen molar-refractivity contribution in [2.75, 3.05) is 11.5 Å². The van der Waals surface area contributed by atoms with Crippen molar-refractivity contribution in [1.82, 2.24) is 25.4 Å². The lowest BCUT2D eigenvalue weighted by Gasteiger charge is -2.23. The first-order valence-electron chi connectivity index (χ1n) is 9.74. The highest BCUT2D eigenvalue weighted by atomic mass is 32.2. The maximum Gasteiger partial charge on any atom is 0.169 e. The second kappa shape index (κ2) is 8.68. The predicted molar refractivity (Wildman–Crippen MR) is 119 cm³/mol. The van der Waals surface area contributed by atoms with Gasteiger partial charge >= 0.3 is 0 Å². The van der Waals surface area contributed by atoms with E-state index in [2.05, 4.69) is 59.1 Å². The summed E-state index contributed by atoms with van der Waals surface area (Å²) in [4.78, 5) is 9.66. The maximum atomic E-state index is 4.96. The van der Waals surface area contributed by atoms with Crippen LogP contribution in [0.15, 0.2) is 47.7 Å². The molecular weight excluding hydrogens is 386 g/mol. The summed E-state index contributed by atoms with van der Waals surface area (Å²) in [6.07, 6.45) is 10.5. The van der Waals surface area contributed by atoms with E-state index in [4.69, 9.17) is 9.97 Å². The van der Waals surface area contributed by atoms with Crippen molar-refractivity contribution in [2.24, 2.45) is 5.92 Å². The van der Waals surface area contributed by atoms with Gasteiger partial charge in [0, 0.05) is 29.5 Å². The molecule has 5 nitrogen and oxygen atoms in total. The molecule has 28 heavy (non-hydrogen) atoms. The van der Waals surface area contributed by atoms with Gasteiger partial charge in [0.05, 0.1) is 11.7 Å². The number of thiazole rings is 1. The van der Waals surface area contributed by atoms with E-state index >= 15 is 0 Å². The molecule has 1 saturated heterocycles. The summed E-state index contributed by atoms with van der Waals surface area (Å²) in [5, 5.41) is 3.13. The zero-order chi connectivity index (χ0) is 19.5. The summed E-state index contributed by atoms with van der Waals surface area (Å²) < 4.78 is 2.36. The number of hydrazine groups is 1. The number of rotatable bonds is 6. The molecule has 0 aromatic carbocycles. The van der Waals surface area contributed by atoms with Gasteiger partial charge in [-0.05, 0) is 49.7 Å². The SMILES string of the molecule is C=C/C=C\C1=C(C)NNC1c1csc(-c2ncc(C)n2CC2CCCSC2)n1. The van der Waals surface area contributed by atoms with Crippen molar-refractivity contribution < 1.29 is 0 Å². The Bertz CT molecular complexity index is 902. The molecule has 0 spiro atoms. The molecule has 2 aromatic rings. The highest BCUT2D eigenvalue weighted by Crippen LogP contribution is 2.33. The van der Waals surface area contributed by atoms with E-state index in [9.17, 15) is 0 Å². The van der Waals surface area contributed by atoms with Crippen LogP contribution in [0.2, 0.25) is 0 Å². The Morgan fingerprint density at radius 2 is 2.29 bits per heavy atom. The molecule has 0 amide bonds. The van der Waals surface area contributed by atoms with Crippen molar-refractivity contribution in [3.05, 3.63) is 59.0 Å². The Kier molecular flexibility index (Phi) is 6.04. The molecule has 4 heterocycles. The lowest BCUT2D eigenvalue weighted by atomic mass is 10.0. The molecule has 1 fully saturated rings. The Labute approximate surface area is 175 Å². The van der Waals surface area contributed by atoms with Gasteiger partial charge in [-0.1, -0.05) is 24.8 Å². The van der Waals surface area contributed by atoms with Gasteiger partial charge in [0.15, 0.2) is 10.8 Å². The first-order valence-corrected chi connectivity index (χ1v) is 11.8. The predicted octanol–water partition coefficient (Wildman–Crippen LogP) is 4.62. The monoisotopic (exact) mass is 413 g/mol. The van der Waals surface area contributed by atoms with Gasteiger partial charge in [-0.25, -0.2) is 15.4 Å². The highest BCUT2D eigenvalue weighted by molar-refractivity contribution is 7.99. The van der Waals surface area contributed by atoms with Crippen LogP contribution < -0.4 is 10.9 Å². The van der Waals surface area contributed by atoms with E-state index in [0.717, 1.165) is 34.7 Å². The normalized spacial score (nSPS) is 22.8. The zero-order valence-corrected chi connectivity index (χ0v) is 18.1. The number of hydrogen-bond acceptors (Lipinski definition) is 6. The molecule has 7 heteroatoms. The Hall–Kier alpha value is -1.83. The van der Waals surface area contributed by atoms with Gasteiger partial charge in [-0.15, -0.1) is 11.3 Å². The van der Waals surface area contributed by atoms with Gasteiger partial charge in [0.25, 0.3) is 0 Å². The van der Waals surface area contributed by atoms with Crippen LogP contribution in [-0.2, 0) is 6.54 Å². The van der Waals surface area contributed by atoms with Crippen molar-refractivity contribution >= 4 is 23.1 Å². The molecule has 0 bridgehead atoms. The fraction of sp³-hybridized carbons (Fsp3) is 0.429. The average molecular weight is 414 g/mol. The van der Waals surface area contributed by atoms with Gasteiger partial charge in [-0.3, -0.25) is 0 Å². The van der Waals surface area contributed by atoms with E-state index in [-0.39, 0.29) is 6.04 Å². The largest absolute Gasteiger partial charge is 0.326 e. The first-order chi connectivity index (χ1) is 13.7. The fourth-order valence-electron chi connectivity index (χ4n) is 3.77. The summed E-state index contributed by atoms with van der Waals surface area (Å²) in [6, 6.07) is 0.0421. The number of allylic oxidation sites excluding steroid dienone is 3. The van der Waals surface area contributed by atoms with Gasteiger partial charge < -0.3 is 9.99 Å². The molecule has 2 aliphatic rings. The molecule has 0 saturated carbocycles. The summed E-state index contributed by atoms with van der Waals surface area (Å²) in [5.41, 5.74) is 11.1. The summed E-state index contributed by atoms with van der Waals surface area (Å²) in [7, 11) is 0. The Balaban J connectivity index is 1.58. The highest BCUT2D eigenvalue weighted by Gasteiger charge is 2.26. The minimum Gasteiger partial charge on any atom is -0.326 e. The molecule has 2 atom stereocenters. The lowest BCUT2D eigenvalue weighted by Crippen LogP contribution is -2.26. The van der Waals surface area contributed by atoms with E-state index in [1.165, 1.54) is 35.6 Å². The number of aromatic nitrogens is 3. The summed E-state index contributed by atoms with van der Waals surface area (Å²) >= 11 is 3.75. The smallest absolute Gasteiger partial charge is 0.169 e. The van der Waals surface area contributed by atoms with Crippen LogP contribution in [0.3, 0.4) is 0 Å². The van der Waals surface area contributed by atoms with E-state index in [1.807, 2.05) is 12.3 Å². The average Bonchev–Trinajstić information content (AvgIpc) is 3.41. The summed E-state index contributed by atoms with van der Waals surface area (Å²) in [5.74, 6) is 4.28. The first kappa shape index (κ1) is 19.5. The number of hydrogen-bond donors (Lipinski definition) is 2. The quantitative estimate of drug-likeness (QED) is 0.677. The van der Waals surface area contributed by atoms with Gasteiger partial charge in [0.2, 0.25) is 0 Å². The van der Waals surface area contributed by atoms with Crippen LogP contribution in [-0.4, -0.2) is 26.0 Å². The molecular formula is C21H27N5S2. The Morgan fingerprint density at radius 3 is 3.07 bits per heavy atom. The number of thioether (sulfide) groups is 1. The molecule has 4 rings (SSSR count). The van der Waals surface area contributed by atoms with Gasteiger partial charge in [-0.2, -0.15) is 11.8 Å². The Morgan fingerprint density at radius 1 is 1.39 bits per heavy atom. The molecule has 148 valence electrons. The van der Waals surface area contributed by atoms with Crippen LogP contribution >= 0.6 is 23.1 Å². The summed E-state index contributed by atoms with van der Waals surface area (Å²) in [6.45, 7) is 9.03. The molecule has 0 aliphatic carbocycles. The minimum atomic E-state index is 0.0421. The fourth-order valence-corrected chi connectivity index (χ4v) is 5.76. The van der Waals surface area contributed by atoms with Crippen LogP contribution in [0.5, 0.6) is 0 Å². The van der Waals surface area contributed by atoms with Crippen molar-refractivity contribution in [3.63, 3.8) is 0 Å². The molecule has 2 unspecified atom stereocenters. The lowest BCUT2D eigenvalue weighted by molar-refractivity contribution is 0.444. The van der Waals surface area contributed by atoms with Gasteiger partial charge in [0.1, 0.15) is 0 Å².